The minimum atomic E-state index is -0.666. The molecule has 0 saturated carbocycles. The third-order valence-electron chi connectivity index (χ3n) is 2.80. The molecule has 1 aromatic carbocycles. The van der Waals surface area contributed by atoms with Crippen LogP contribution in [0.25, 0.3) is 0 Å². The number of anilines is 2. The summed E-state index contributed by atoms with van der Waals surface area (Å²) in [6.07, 6.45) is 0. The first-order chi connectivity index (χ1) is 9.96. The maximum absolute atomic E-state index is 11.7. The lowest BCUT2D eigenvalue weighted by atomic mass is 10.1. The van der Waals surface area contributed by atoms with Crippen molar-refractivity contribution < 1.29 is 14.5 Å². The van der Waals surface area contributed by atoms with E-state index in [9.17, 15) is 14.9 Å². The van der Waals surface area contributed by atoms with Crippen LogP contribution in [0.3, 0.4) is 0 Å². The van der Waals surface area contributed by atoms with Crippen LogP contribution in [0.15, 0.2) is 12.1 Å². The molecule has 1 aromatic rings. The number of benzene rings is 1. The summed E-state index contributed by atoms with van der Waals surface area (Å²) in [7, 11) is 1.21. The van der Waals surface area contributed by atoms with Crippen LogP contribution in [0.5, 0.6) is 0 Å². The first kappa shape index (κ1) is 17.3. The smallest absolute Gasteiger partial charge is 0.340 e. The highest BCUT2D eigenvalue weighted by Gasteiger charge is 2.24. The molecular formula is C12H15Cl2N3O4. The number of hydrogen-bond donors (Lipinski definition) is 1. The Morgan fingerprint density at radius 3 is 2.38 bits per heavy atom. The van der Waals surface area contributed by atoms with Gasteiger partial charge in [-0.3, -0.25) is 10.1 Å². The number of nitrogens with zero attached hydrogens (tertiary/aromatic N) is 2. The molecule has 21 heavy (non-hydrogen) atoms. The van der Waals surface area contributed by atoms with Gasteiger partial charge in [0.15, 0.2) is 0 Å². The van der Waals surface area contributed by atoms with Crippen molar-refractivity contribution in [3.8, 4) is 0 Å². The van der Waals surface area contributed by atoms with E-state index < -0.39 is 10.9 Å². The van der Waals surface area contributed by atoms with Gasteiger partial charge < -0.3 is 15.4 Å². The Kier molecular flexibility index (Phi) is 6.51. The van der Waals surface area contributed by atoms with Gasteiger partial charge in [-0.15, -0.1) is 23.2 Å². The molecule has 0 aliphatic rings. The summed E-state index contributed by atoms with van der Waals surface area (Å²) in [5, 5.41) is 11.2. The molecule has 0 aliphatic carbocycles. The van der Waals surface area contributed by atoms with Gasteiger partial charge >= 0.3 is 5.97 Å². The largest absolute Gasteiger partial charge is 0.465 e. The van der Waals surface area contributed by atoms with E-state index in [0.717, 1.165) is 6.07 Å². The Hall–Kier alpha value is -1.73. The molecule has 0 atom stereocenters. The first-order valence-corrected chi connectivity index (χ1v) is 7.06. The Morgan fingerprint density at radius 1 is 1.38 bits per heavy atom. The molecule has 0 bridgehead atoms. The van der Waals surface area contributed by atoms with Gasteiger partial charge in [-0.1, -0.05) is 0 Å². The van der Waals surface area contributed by atoms with E-state index in [1.54, 1.807) is 4.90 Å². The fourth-order valence-electron chi connectivity index (χ4n) is 1.84. The summed E-state index contributed by atoms with van der Waals surface area (Å²) in [6.45, 7) is 0.694. The number of carbonyl (C=O) groups is 1. The summed E-state index contributed by atoms with van der Waals surface area (Å²) in [5.41, 5.74) is 5.74. The van der Waals surface area contributed by atoms with Crippen LogP contribution in [0.4, 0.5) is 17.1 Å². The predicted molar refractivity (Wildman–Crippen MR) is 82.5 cm³/mol. The number of carbonyl (C=O) groups excluding carboxylic acids is 1. The van der Waals surface area contributed by atoms with Gasteiger partial charge in [-0.25, -0.2) is 4.79 Å². The zero-order valence-electron chi connectivity index (χ0n) is 11.3. The number of nitro groups is 1. The van der Waals surface area contributed by atoms with Gasteiger partial charge in [0.2, 0.25) is 0 Å². The normalized spacial score (nSPS) is 10.2. The summed E-state index contributed by atoms with van der Waals surface area (Å²) in [5.74, 6) is -0.154. The molecule has 116 valence electrons. The second-order valence-electron chi connectivity index (χ2n) is 4.04. The SMILES string of the molecule is COC(=O)c1cc(N(CCCl)CCCl)c([N+](=O)[O-])cc1N. The molecule has 2 N–H and O–H groups in total. The van der Waals surface area contributed by atoms with E-state index >= 15 is 0 Å². The fraction of sp³-hybridized carbons (Fsp3) is 0.417. The maximum atomic E-state index is 11.7. The molecule has 0 amide bonds. The summed E-state index contributed by atoms with van der Waals surface area (Å²) in [4.78, 5) is 23.9. The van der Waals surface area contributed by atoms with Crippen LogP contribution < -0.4 is 10.6 Å². The number of rotatable bonds is 7. The van der Waals surface area contributed by atoms with Crippen molar-refractivity contribution in [1.82, 2.24) is 0 Å². The Balaban J connectivity index is 3.43. The van der Waals surface area contributed by atoms with Crippen molar-refractivity contribution in [1.29, 1.82) is 0 Å². The molecule has 0 spiro atoms. The number of nitrogen functional groups attached to an aromatic ring is 1. The quantitative estimate of drug-likeness (QED) is 0.270. The van der Waals surface area contributed by atoms with Gasteiger partial charge in [-0.05, 0) is 6.07 Å². The number of halogens is 2. The topological polar surface area (TPSA) is 98.7 Å². The number of methoxy groups -OCH3 is 1. The average molecular weight is 336 g/mol. The van der Waals surface area contributed by atoms with Crippen LogP contribution in [0.1, 0.15) is 10.4 Å². The number of nitrogens with two attached hydrogens (primary N) is 1. The standard InChI is InChI=1S/C12H15Cl2N3O4/c1-21-12(18)8-6-10(16(4-2-13)5-3-14)11(17(19)20)7-9(8)15/h6-7H,2-5,15H2,1H3. The molecule has 0 fully saturated rings. The molecule has 0 aliphatic heterocycles. The summed E-state index contributed by atoms with van der Waals surface area (Å²) in [6, 6.07) is 2.47. The molecule has 1 rings (SSSR count). The number of esters is 1. The first-order valence-electron chi connectivity index (χ1n) is 5.99. The molecule has 0 heterocycles. The molecule has 0 saturated heterocycles. The predicted octanol–water partition coefficient (Wildman–Crippen LogP) is 2.25. The van der Waals surface area contributed by atoms with Crippen LogP contribution in [-0.4, -0.2) is 42.9 Å². The number of ether oxygens (including phenoxy) is 1. The van der Waals surface area contributed by atoms with Crippen molar-refractivity contribution in [3.05, 3.63) is 27.8 Å². The van der Waals surface area contributed by atoms with Crippen LogP contribution >= 0.6 is 23.2 Å². The molecule has 0 aromatic heterocycles. The molecular weight excluding hydrogens is 321 g/mol. The van der Waals surface area contributed by atoms with Crippen molar-refractivity contribution in [2.24, 2.45) is 0 Å². The fourth-order valence-corrected chi connectivity index (χ4v) is 2.24. The van der Waals surface area contributed by atoms with E-state index in [2.05, 4.69) is 4.74 Å². The third-order valence-corrected chi connectivity index (χ3v) is 3.14. The molecule has 9 heteroatoms. The lowest BCUT2D eigenvalue weighted by Crippen LogP contribution is -2.28. The van der Waals surface area contributed by atoms with Gasteiger partial charge in [0.1, 0.15) is 5.69 Å². The highest BCUT2D eigenvalue weighted by Crippen LogP contribution is 2.33. The Bertz CT molecular complexity index is 533. The minimum absolute atomic E-state index is 0.0194. The zero-order valence-corrected chi connectivity index (χ0v) is 12.9. The molecule has 7 nitrogen and oxygen atoms in total. The number of alkyl halides is 2. The minimum Gasteiger partial charge on any atom is -0.465 e. The highest BCUT2D eigenvalue weighted by molar-refractivity contribution is 6.18. The van der Waals surface area contributed by atoms with Crippen molar-refractivity contribution in [2.75, 3.05) is 42.6 Å². The van der Waals surface area contributed by atoms with E-state index in [0.29, 0.717) is 13.1 Å². The van der Waals surface area contributed by atoms with Crippen molar-refractivity contribution >= 4 is 46.2 Å². The van der Waals surface area contributed by atoms with E-state index in [4.69, 9.17) is 28.9 Å². The second-order valence-corrected chi connectivity index (χ2v) is 4.80. The number of hydrogen-bond acceptors (Lipinski definition) is 6. The third kappa shape index (κ3) is 4.12. The van der Waals surface area contributed by atoms with Crippen molar-refractivity contribution in [3.63, 3.8) is 0 Å². The monoisotopic (exact) mass is 335 g/mol. The van der Waals surface area contributed by atoms with Crippen LogP contribution in [0.2, 0.25) is 0 Å². The van der Waals surface area contributed by atoms with Gasteiger partial charge in [-0.2, -0.15) is 0 Å². The summed E-state index contributed by atoms with van der Waals surface area (Å²) < 4.78 is 4.61. The van der Waals surface area contributed by atoms with E-state index in [1.807, 2.05) is 0 Å². The Morgan fingerprint density at radius 2 is 1.95 bits per heavy atom. The lowest BCUT2D eigenvalue weighted by Gasteiger charge is -2.23. The van der Waals surface area contributed by atoms with Gasteiger partial charge in [0.05, 0.1) is 23.3 Å². The lowest BCUT2D eigenvalue weighted by molar-refractivity contribution is -0.384. The molecule has 0 unspecified atom stereocenters. The number of nitro benzene ring substituents is 1. The zero-order chi connectivity index (χ0) is 16.0. The highest BCUT2D eigenvalue weighted by atomic mass is 35.5. The van der Waals surface area contributed by atoms with Gasteiger partial charge in [0, 0.05) is 30.9 Å². The van der Waals surface area contributed by atoms with E-state index in [1.165, 1.54) is 13.2 Å². The maximum Gasteiger partial charge on any atom is 0.340 e. The average Bonchev–Trinajstić information content (AvgIpc) is 2.46. The van der Waals surface area contributed by atoms with Crippen LogP contribution in [0, 0.1) is 10.1 Å². The van der Waals surface area contributed by atoms with E-state index in [-0.39, 0.29) is 34.4 Å². The van der Waals surface area contributed by atoms with Gasteiger partial charge in [0.25, 0.3) is 5.69 Å². The second kappa shape index (κ2) is 7.90. The molecule has 0 radical (unpaired) electrons. The van der Waals surface area contributed by atoms with Crippen LogP contribution in [-0.2, 0) is 4.74 Å². The summed E-state index contributed by atoms with van der Waals surface area (Å²) >= 11 is 11.4. The Labute approximate surface area is 131 Å². The van der Waals surface area contributed by atoms with Crippen molar-refractivity contribution in [2.45, 2.75) is 0 Å².